The van der Waals surface area contributed by atoms with E-state index < -0.39 is 15.9 Å². The summed E-state index contributed by atoms with van der Waals surface area (Å²) in [6, 6.07) is 11.1. The Morgan fingerprint density at radius 3 is 2.59 bits per heavy atom. The van der Waals surface area contributed by atoms with E-state index in [0.29, 0.717) is 25.3 Å². The van der Waals surface area contributed by atoms with E-state index in [-0.39, 0.29) is 22.2 Å². The van der Waals surface area contributed by atoms with E-state index in [1.807, 2.05) is 17.7 Å². The molecule has 3 aromatic rings. The van der Waals surface area contributed by atoms with Gasteiger partial charge in [-0.15, -0.1) is 0 Å². The van der Waals surface area contributed by atoms with Gasteiger partial charge in [-0.2, -0.15) is 0 Å². The van der Waals surface area contributed by atoms with Gasteiger partial charge in [0.2, 0.25) is 5.91 Å². The van der Waals surface area contributed by atoms with Crippen LogP contribution in [0, 0.1) is 6.92 Å². The van der Waals surface area contributed by atoms with Crippen LogP contribution in [0.3, 0.4) is 0 Å². The molecule has 0 unspecified atom stereocenters. The second kappa shape index (κ2) is 10.5. The van der Waals surface area contributed by atoms with E-state index in [2.05, 4.69) is 10.3 Å². The fourth-order valence-electron chi connectivity index (χ4n) is 3.06. The summed E-state index contributed by atoms with van der Waals surface area (Å²) in [5, 5.41) is 3.02. The van der Waals surface area contributed by atoms with Crippen molar-refractivity contribution < 1.29 is 17.9 Å². The number of methoxy groups -OCH3 is 1. The normalized spacial score (nSPS) is 11.2. The first-order valence-corrected chi connectivity index (χ1v) is 11.8. The molecule has 0 spiro atoms. The van der Waals surface area contributed by atoms with E-state index >= 15 is 0 Å². The van der Waals surface area contributed by atoms with Crippen LogP contribution in [0.5, 0.6) is 5.75 Å². The summed E-state index contributed by atoms with van der Waals surface area (Å²) in [5.74, 6) is -0.00897. The molecule has 0 fully saturated rings. The molecule has 10 heteroatoms. The largest absolute Gasteiger partial charge is 0.495 e. The van der Waals surface area contributed by atoms with E-state index in [4.69, 9.17) is 16.3 Å². The molecule has 1 amide bonds. The van der Waals surface area contributed by atoms with Gasteiger partial charge in [-0.3, -0.25) is 9.10 Å². The molecule has 0 aliphatic carbocycles. The lowest BCUT2D eigenvalue weighted by molar-refractivity contribution is -0.119. The molecule has 0 saturated carbocycles. The fraction of sp³-hybridized carbons (Fsp3) is 0.273. The van der Waals surface area contributed by atoms with Gasteiger partial charge in [0.25, 0.3) is 10.0 Å². The highest BCUT2D eigenvalue weighted by atomic mass is 35.5. The van der Waals surface area contributed by atoms with Gasteiger partial charge >= 0.3 is 0 Å². The first kappa shape index (κ1) is 23.6. The monoisotopic (exact) mass is 476 g/mol. The molecule has 0 radical (unpaired) electrons. The molecule has 0 bridgehead atoms. The van der Waals surface area contributed by atoms with Gasteiger partial charge in [-0.05, 0) is 43.7 Å². The van der Waals surface area contributed by atoms with Gasteiger partial charge in [-0.1, -0.05) is 29.3 Å². The summed E-state index contributed by atoms with van der Waals surface area (Å²) >= 11 is 6.22. The molecule has 32 heavy (non-hydrogen) atoms. The number of nitrogens with one attached hydrogen (secondary N) is 1. The molecule has 1 aromatic heterocycles. The van der Waals surface area contributed by atoms with Crippen LogP contribution < -0.4 is 14.4 Å². The minimum atomic E-state index is -4.01. The number of aryl methyl sites for hydroxylation is 2. The van der Waals surface area contributed by atoms with Crippen LogP contribution in [0.2, 0.25) is 5.02 Å². The van der Waals surface area contributed by atoms with Crippen molar-refractivity contribution in [1.29, 1.82) is 0 Å². The summed E-state index contributed by atoms with van der Waals surface area (Å²) in [6.45, 7) is 2.58. The van der Waals surface area contributed by atoms with Crippen molar-refractivity contribution in [2.24, 2.45) is 0 Å². The Hall–Kier alpha value is -3.04. The van der Waals surface area contributed by atoms with Gasteiger partial charge in [0.1, 0.15) is 12.3 Å². The Morgan fingerprint density at radius 2 is 1.97 bits per heavy atom. The first-order chi connectivity index (χ1) is 15.3. The first-order valence-electron chi connectivity index (χ1n) is 9.96. The maximum absolute atomic E-state index is 13.4. The predicted octanol–water partition coefficient (Wildman–Crippen LogP) is 3.26. The average molecular weight is 477 g/mol. The highest BCUT2D eigenvalue weighted by Gasteiger charge is 2.27. The lowest BCUT2D eigenvalue weighted by Gasteiger charge is -2.24. The zero-order chi connectivity index (χ0) is 23.1. The predicted molar refractivity (Wildman–Crippen MR) is 124 cm³/mol. The maximum atomic E-state index is 13.4. The Bertz CT molecular complexity index is 1150. The molecule has 0 aliphatic rings. The third-order valence-electron chi connectivity index (χ3n) is 4.79. The number of imidazole rings is 1. The highest BCUT2D eigenvalue weighted by Crippen LogP contribution is 2.31. The lowest BCUT2D eigenvalue weighted by atomic mass is 10.2. The smallest absolute Gasteiger partial charge is 0.264 e. The van der Waals surface area contributed by atoms with E-state index in [1.54, 1.807) is 36.8 Å². The molecule has 1 heterocycles. The van der Waals surface area contributed by atoms with Gasteiger partial charge in [-0.25, -0.2) is 13.4 Å². The number of amides is 1. The number of hydrogen-bond donors (Lipinski definition) is 1. The molecule has 0 atom stereocenters. The molecule has 3 rings (SSSR count). The number of aromatic nitrogens is 2. The second-order valence-electron chi connectivity index (χ2n) is 7.15. The summed E-state index contributed by atoms with van der Waals surface area (Å²) in [4.78, 5) is 16.7. The van der Waals surface area contributed by atoms with Crippen molar-refractivity contribution >= 4 is 33.2 Å². The van der Waals surface area contributed by atoms with Crippen LogP contribution in [0.25, 0.3) is 0 Å². The number of hydrogen-bond acceptors (Lipinski definition) is 5. The molecular weight excluding hydrogens is 452 g/mol. The van der Waals surface area contributed by atoms with Gasteiger partial charge < -0.3 is 14.6 Å². The van der Waals surface area contributed by atoms with Crippen molar-refractivity contribution in [3.8, 4) is 5.75 Å². The van der Waals surface area contributed by atoms with Crippen LogP contribution in [-0.2, 0) is 21.4 Å². The van der Waals surface area contributed by atoms with Crippen LogP contribution in [-0.4, -0.2) is 44.1 Å². The minimum absolute atomic E-state index is 0.0861. The SMILES string of the molecule is COc1ccc(N(CC(=O)NCCCn2ccnc2)S(=O)(=O)c2ccc(C)cc2)cc1Cl. The van der Waals surface area contributed by atoms with Crippen molar-refractivity contribution in [2.45, 2.75) is 24.8 Å². The zero-order valence-electron chi connectivity index (χ0n) is 17.9. The number of carbonyl (C=O) groups excluding carboxylic acids is 1. The van der Waals surface area contributed by atoms with Crippen LogP contribution >= 0.6 is 11.6 Å². The number of nitrogens with zero attached hydrogens (tertiary/aromatic N) is 3. The van der Waals surface area contributed by atoms with E-state index in [1.165, 1.54) is 25.3 Å². The molecule has 170 valence electrons. The Balaban J connectivity index is 1.79. The topological polar surface area (TPSA) is 93.5 Å². The van der Waals surface area contributed by atoms with Crippen molar-refractivity contribution in [1.82, 2.24) is 14.9 Å². The molecular formula is C22H25ClN4O4S. The third kappa shape index (κ3) is 5.80. The summed E-state index contributed by atoms with van der Waals surface area (Å²) < 4.78 is 34.9. The van der Waals surface area contributed by atoms with Crippen molar-refractivity contribution in [2.75, 3.05) is 24.5 Å². The van der Waals surface area contributed by atoms with Gasteiger partial charge in [0, 0.05) is 25.5 Å². The van der Waals surface area contributed by atoms with E-state index in [0.717, 1.165) is 9.87 Å². The molecule has 1 N–H and O–H groups in total. The Morgan fingerprint density at radius 1 is 1.22 bits per heavy atom. The molecule has 8 nitrogen and oxygen atoms in total. The number of halogens is 1. The zero-order valence-corrected chi connectivity index (χ0v) is 19.4. The van der Waals surface area contributed by atoms with Crippen molar-refractivity contribution in [3.63, 3.8) is 0 Å². The molecule has 0 aliphatic heterocycles. The van der Waals surface area contributed by atoms with Crippen molar-refractivity contribution in [3.05, 3.63) is 71.8 Å². The second-order valence-corrected chi connectivity index (χ2v) is 9.42. The van der Waals surface area contributed by atoms with Gasteiger partial charge in [0.15, 0.2) is 0 Å². The number of ether oxygens (including phenoxy) is 1. The summed E-state index contributed by atoms with van der Waals surface area (Å²) in [6.07, 6.45) is 5.91. The lowest BCUT2D eigenvalue weighted by Crippen LogP contribution is -2.41. The minimum Gasteiger partial charge on any atom is -0.495 e. The Labute approximate surface area is 192 Å². The standard InChI is InChI=1S/C22H25ClN4O4S/c1-17-4-7-19(8-5-17)32(29,30)27(18-6-9-21(31-2)20(23)14-18)15-22(28)25-10-3-12-26-13-11-24-16-26/h4-9,11,13-14,16H,3,10,12,15H2,1-2H3,(H,25,28). The number of rotatable bonds is 10. The quantitative estimate of drug-likeness (QED) is 0.453. The van der Waals surface area contributed by atoms with E-state index in [9.17, 15) is 13.2 Å². The Kier molecular flexibility index (Phi) is 7.76. The number of anilines is 1. The summed E-state index contributed by atoms with van der Waals surface area (Å²) in [7, 11) is -2.54. The van der Waals surface area contributed by atoms with Crippen LogP contribution in [0.1, 0.15) is 12.0 Å². The number of benzene rings is 2. The molecule has 2 aromatic carbocycles. The number of sulfonamides is 1. The average Bonchev–Trinajstić information content (AvgIpc) is 3.29. The highest BCUT2D eigenvalue weighted by molar-refractivity contribution is 7.92. The third-order valence-corrected chi connectivity index (χ3v) is 6.88. The van der Waals surface area contributed by atoms with Crippen LogP contribution in [0.15, 0.2) is 66.1 Å². The summed E-state index contributed by atoms with van der Waals surface area (Å²) in [5.41, 5.74) is 1.20. The number of carbonyl (C=O) groups is 1. The maximum Gasteiger partial charge on any atom is 0.264 e. The van der Waals surface area contributed by atoms with Crippen LogP contribution in [0.4, 0.5) is 5.69 Å². The fourth-order valence-corrected chi connectivity index (χ4v) is 4.72. The molecule has 0 saturated heterocycles. The van der Waals surface area contributed by atoms with Gasteiger partial charge in [0.05, 0.1) is 29.0 Å².